The third-order valence-electron chi connectivity index (χ3n) is 3.71. The van der Waals surface area contributed by atoms with Gasteiger partial charge in [0.25, 0.3) is 0 Å². The number of rotatable bonds is 2. The van der Waals surface area contributed by atoms with Crippen LogP contribution < -0.4 is 0 Å². The van der Waals surface area contributed by atoms with E-state index >= 15 is 0 Å². The molecule has 15 heavy (non-hydrogen) atoms. The van der Waals surface area contributed by atoms with E-state index in [2.05, 4.69) is 32.6 Å². The molecule has 2 saturated heterocycles. The third kappa shape index (κ3) is 2.05. The molecular weight excluding hydrogens is 190 g/mol. The van der Waals surface area contributed by atoms with E-state index in [-0.39, 0.29) is 11.2 Å². The number of likely N-dealkylation sites (tertiary alicyclic amines) is 1. The molecule has 0 bridgehead atoms. The summed E-state index contributed by atoms with van der Waals surface area (Å²) in [6.45, 7) is 11.1. The number of ether oxygens (including phenoxy) is 1. The van der Waals surface area contributed by atoms with Crippen molar-refractivity contribution < 1.29 is 9.84 Å². The Hall–Kier alpha value is -0.120. The van der Waals surface area contributed by atoms with Gasteiger partial charge in [0.15, 0.2) is 0 Å². The summed E-state index contributed by atoms with van der Waals surface area (Å²) in [5, 5.41) is 9.02. The highest BCUT2D eigenvalue weighted by atomic mass is 16.5. The first-order chi connectivity index (χ1) is 6.84. The quantitative estimate of drug-likeness (QED) is 0.749. The molecule has 0 saturated carbocycles. The molecule has 0 radical (unpaired) electrons. The Morgan fingerprint density at radius 1 is 1.27 bits per heavy atom. The standard InChI is InChI=1S/C12H23NO2/c1-11(2)5-10(12(3,4)15-11)13-6-9(7-13)8-14/h9-10,14H,5-8H2,1-4H3. The number of hydrogen-bond donors (Lipinski definition) is 1. The van der Waals surface area contributed by atoms with Gasteiger partial charge in [0.05, 0.1) is 11.2 Å². The van der Waals surface area contributed by atoms with Crippen LogP contribution in [0.2, 0.25) is 0 Å². The van der Waals surface area contributed by atoms with E-state index in [1.807, 2.05) is 0 Å². The first kappa shape index (κ1) is 11.4. The molecule has 1 unspecified atom stereocenters. The molecule has 2 rings (SSSR count). The van der Waals surface area contributed by atoms with Gasteiger partial charge in [0.1, 0.15) is 0 Å². The maximum Gasteiger partial charge on any atom is 0.0789 e. The lowest BCUT2D eigenvalue weighted by molar-refractivity contribution is -0.0943. The van der Waals surface area contributed by atoms with Gasteiger partial charge >= 0.3 is 0 Å². The van der Waals surface area contributed by atoms with Gasteiger partial charge in [-0.1, -0.05) is 0 Å². The highest BCUT2D eigenvalue weighted by molar-refractivity contribution is 5.02. The molecule has 2 aliphatic heterocycles. The minimum absolute atomic E-state index is 0.00152. The van der Waals surface area contributed by atoms with Crippen LogP contribution in [-0.2, 0) is 4.74 Å². The molecule has 3 nitrogen and oxygen atoms in total. The summed E-state index contributed by atoms with van der Waals surface area (Å²) in [5.74, 6) is 0.490. The van der Waals surface area contributed by atoms with Gasteiger partial charge in [-0.05, 0) is 34.1 Å². The second-order valence-electron chi connectivity index (χ2n) is 6.19. The van der Waals surface area contributed by atoms with Crippen molar-refractivity contribution in [1.82, 2.24) is 4.90 Å². The van der Waals surface area contributed by atoms with E-state index < -0.39 is 0 Å². The highest BCUT2D eigenvalue weighted by Gasteiger charge is 2.50. The summed E-state index contributed by atoms with van der Waals surface area (Å²) < 4.78 is 6.07. The molecule has 88 valence electrons. The summed E-state index contributed by atoms with van der Waals surface area (Å²) in [7, 11) is 0. The van der Waals surface area contributed by atoms with Crippen molar-refractivity contribution in [1.29, 1.82) is 0 Å². The zero-order valence-electron chi connectivity index (χ0n) is 10.3. The molecule has 0 amide bonds. The average Bonchev–Trinajstić information content (AvgIpc) is 2.17. The molecule has 1 atom stereocenters. The van der Waals surface area contributed by atoms with Crippen molar-refractivity contribution >= 4 is 0 Å². The third-order valence-corrected chi connectivity index (χ3v) is 3.71. The molecule has 1 N–H and O–H groups in total. The Morgan fingerprint density at radius 3 is 2.27 bits per heavy atom. The van der Waals surface area contributed by atoms with Crippen LogP contribution >= 0.6 is 0 Å². The maximum atomic E-state index is 9.02. The normalized spacial score (nSPS) is 35.4. The number of nitrogens with zero attached hydrogens (tertiary/aromatic N) is 1. The van der Waals surface area contributed by atoms with Gasteiger partial charge in [0, 0.05) is 31.7 Å². The molecule has 0 aromatic carbocycles. The second kappa shape index (κ2) is 3.44. The predicted octanol–water partition coefficient (Wildman–Crippen LogP) is 1.26. The minimum Gasteiger partial charge on any atom is -0.396 e. The van der Waals surface area contributed by atoms with Crippen molar-refractivity contribution in [2.45, 2.75) is 51.4 Å². The SMILES string of the molecule is CC1(C)CC(N2CC(CO)C2)C(C)(C)O1. The summed E-state index contributed by atoms with van der Waals surface area (Å²) >= 11 is 0. The zero-order valence-corrected chi connectivity index (χ0v) is 10.3. The van der Waals surface area contributed by atoms with E-state index in [0.29, 0.717) is 18.6 Å². The lowest BCUT2D eigenvalue weighted by atomic mass is 9.88. The van der Waals surface area contributed by atoms with E-state index in [1.54, 1.807) is 0 Å². The van der Waals surface area contributed by atoms with Crippen LogP contribution in [0, 0.1) is 5.92 Å². The number of aliphatic hydroxyl groups is 1. The van der Waals surface area contributed by atoms with Gasteiger partial charge < -0.3 is 9.84 Å². The van der Waals surface area contributed by atoms with Gasteiger partial charge in [-0.3, -0.25) is 4.90 Å². The van der Waals surface area contributed by atoms with Crippen molar-refractivity contribution in [2.75, 3.05) is 19.7 Å². The molecular formula is C12H23NO2. The Balaban J connectivity index is 1.99. The molecule has 2 heterocycles. The fraction of sp³-hybridized carbons (Fsp3) is 1.00. The molecule has 0 spiro atoms. The molecule has 2 fully saturated rings. The van der Waals surface area contributed by atoms with Crippen LogP contribution in [-0.4, -0.2) is 46.9 Å². The maximum absolute atomic E-state index is 9.02. The first-order valence-electron chi connectivity index (χ1n) is 5.89. The second-order valence-corrected chi connectivity index (χ2v) is 6.19. The van der Waals surface area contributed by atoms with Crippen LogP contribution in [0.15, 0.2) is 0 Å². The van der Waals surface area contributed by atoms with Crippen LogP contribution in [0.1, 0.15) is 34.1 Å². The van der Waals surface area contributed by atoms with Crippen molar-refractivity contribution in [3.05, 3.63) is 0 Å². The molecule has 2 aliphatic rings. The smallest absolute Gasteiger partial charge is 0.0789 e. The lowest BCUT2D eigenvalue weighted by Crippen LogP contribution is -2.58. The fourth-order valence-electron chi connectivity index (χ4n) is 3.08. The average molecular weight is 213 g/mol. The topological polar surface area (TPSA) is 32.7 Å². The minimum atomic E-state index is -0.0517. The van der Waals surface area contributed by atoms with E-state index in [0.717, 1.165) is 19.5 Å². The Kier molecular flexibility index (Phi) is 2.61. The molecule has 0 aromatic heterocycles. The first-order valence-corrected chi connectivity index (χ1v) is 5.89. The van der Waals surface area contributed by atoms with E-state index in [9.17, 15) is 0 Å². The summed E-state index contributed by atoms with van der Waals surface area (Å²) in [6.07, 6.45) is 1.10. The van der Waals surface area contributed by atoms with Crippen molar-refractivity contribution in [2.24, 2.45) is 5.92 Å². The van der Waals surface area contributed by atoms with Crippen molar-refractivity contribution in [3.63, 3.8) is 0 Å². The summed E-state index contributed by atoms with van der Waals surface area (Å²) in [5.41, 5.74) is -0.0532. The molecule has 3 heteroatoms. The van der Waals surface area contributed by atoms with Gasteiger partial charge in [-0.15, -0.1) is 0 Å². The summed E-state index contributed by atoms with van der Waals surface area (Å²) in [4.78, 5) is 2.45. The number of aliphatic hydroxyl groups excluding tert-OH is 1. The summed E-state index contributed by atoms with van der Waals surface area (Å²) in [6, 6.07) is 0.510. The number of hydrogen-bond acceptors (Lipinski definition) is 3. The van der Waals surface area contributed by atoms with Crippen LogP contribution in [0.3, 0.4) is 0 Å². The molecule has 0 aliphatic carbocycles. The van der Waals surface area contributed by atoms with Gasteiger partial charge in [0.2, 0.25) is 0 Å². The van der Waals surface area contributed by atoms with E-state index in [4.69, 9.17) is 9.84 Å². The monoisotopic (exact) mass is 213 g/mol. The zero-order chi connectivity index (χ0) is 11.3. The molecule has 0 aromatic rings. The predicted molar refractivity (Wildman–Crippen MR) is 59.8 cm³/mol. The Morgan fingerprint density at radius 2 is 1.87 bits per heavy atom. The lowest BCUT2D eigenvalue weighted by Gasteiger charge is -2.46. The highest BCUT2D eigenvalue weighted by Crippen LogP contribution is 2.42. The Labute approximate surface area is 92.4 Å². The largest absolute Gasteiger partial charge is 0.396 e. The Bertz CT molecular complexity index is 244. The van der Waals surface area contributed by atoms with Crippen LogP contribution in [0.5, 0.6) is 0 Å². The fourth-order valence-corrected chi connectivity index (χ4v) is 3.08. The van der Waals surface area contributed by atoms with Gasteiger partial charge in [-0.25, -0.2) is 0 Å². The van der Waals surface area contributed by atoms with Gasteiger partial charge in [-0.2, -0.15) is 0 Å². The van der Waals surface area contributed by atoms with Crippen LogP contribution in [0.25, 0.3) is 0 Å². The van der Waals surface area contributed by atoms with Crippen LogP contribution in [0.4, 0.5) is 0 Å². The van der Waals surface area contributed by atoms with Crippen molar-refractivity contribution in [3.8, 4) is 0 Å². The van der Waals surface area contributed by atoms with E-state index in [1.165, 1.54) is 0 Å².